The third kappa shape index (κ3) is 7.02. The van der Waals surface area contributed by atoms with Crippen LogP contribution in [-0.4, -0.2) is 54.6 Å². The quantitative estimate of drug-likeness (QED) is 0.392. The number of nitriles is 1. The van der Waals surface area contributed by atoms with Gasteiger partial charge in [0.25, 0.3) is 5.91 Å². The summed E-state index contributed by atoms with van der Waals surface area (Å²) in [5.74, 6) is -1.18. The minimum absolute atomic E-state index is 0.105. The number of amides is 1. The van der Waals surface area contributed by atoms with E-state index in [1.54, 1.807) is 6.20 Å². The van der Waals surface area contributed by atoms with E-state index in [0.29, 0.717) is 19.4 Å². The van der Waals surface area contributed by atoms with Gasteiger partial charge in [-0.25, -0.2) is 0 Å². The Bertz CT molecular complexity index is 689. The number of aliphatic carboxylic acids is 1. The van der Waals surface area contributed by atoms with E-state index in [1.165, 1.54) is 5.69 Å². The Morgan fingerprint density at radius 2 is 1.81 bits per heavy atom. The number of carboxylic acids is 1. The third-order valence-electron chi connectivity index (χ3n) is 4.47. The van der Waals surface area contributed by atoms with Crippen LogP contribution < -0.4 is 10.2 Å². The van der Waals surface area contributed by atoms with Crippen LogP contribution in [0.2, 0.25) is 0 Å². The van der Waals surface area contributed by atoms with Gasteiger partial charge in [0.05, 0.1) is 0 Å². The summed E-state index contributed by atoms with van der Waals surface area (Å²) in [5, 5.41) is 20.6. The van der Waals surface area contributed by atoms with E-state index >= 15 is 0 Å². The number of piperazine rings is 1. The van der Waals surface area contributed by atoms with Gasteiger partial charge in [-0.2, -0.15) is 5.26 Å². The fourth-order valence-corrected chi connectivity index (χ4v) is 2.94. The van der Waals surface area contributed by atoms with E-state index in [1.807, 2.05) is 29.2 Å². The highest BCUT2D eigenvalue weighted by Gasteiger charge is 2.17. The van der Waals surface area contributed by atoms with Gasteiger partial charge >= 0.3 is 5.97 Å². The van der Waals surface area contributed by atoms with E-state index in [9.17, 15) is 14.9 Å². The maximum Gasteiger partial charge on any atom is 0.303 e. The van der Waals surface area contributed by atoms with E-state index < -0.39 is 5.97 Å². The van der Waals surface area contributed by atoms with Crippen molar-refractivity contribution in [3.63, 3.8) is 0 Å². The number of para-hydroxylation sites is 1. The molecule has 1 aliphatic rings. The molecule has 1 aliphatic heterocycles. The van der Waals surface area contributed by atoms with Crippen molar-refractivity contribution in [3.05, 3.63) is 42.1 Å². The van der Waals surface area contributed by atoms with Crippen LogP contribution >= 0.6 is 0 Å². The Morgan fingerprint density at radius 1 is 1.11 bits per heavy atom. The van der Waals surface area contributed by atoms with Crippen LogP contribution in [0.15, 0.2) is 42.1 Å². The molecule has 2 rings (SSSR count). The van der Waals surface area contributed by atoms with Gasteiger partial charge in [0.1, 0.15) is 11.6 Å². The van der Waals surface area contributed by atoms with Crippen LogP contribution in [0.1, 0.15) is 25.7 Å². The second kappa shape index (κ2) is 10.9. The van der Waals surface area contributed by atoms with Gasteiger partial charge in [0, 0.05) is 51.0 Å². The number of nitrogens with zero attached hydrogens (tertiary/aromatic N) is 3. The summed E-state index contributed by atoms with van der Waals surface area (Å²) in [6.45, 7) is 3.62. The van der Waals surface area contributed by atoms with Crippen molar-refractivity contribution in [3.8, 4) is 6.07 Å². The van der Waals surface area contributed by atoms with Crippen LogP contribution in [0.5, 0.6) is 0 Å². The summed E-state index contributed by atoms with van der Waals surface area (Å²) in [6.07, 6.45) is 3.82. The van der Waals surface area contributed by atoms with Gasteiger partial charge in [0.15, 0.2) is 0 Å². The molecular weight excluding hydrogens is 344 g/mol. The Balaban J connectivity index is 1.74. The van der Waals surface area contributed by atoms with E-state index in [-0.39, 0.29) is 17.9 Å². The van der Waals surface area contributed by atoms with Crippen LogP contribution in [0.25, 0.3) is 0 Å². The fraction of sp³-hybridized carbons (Fsp3) is 0.450. The topological polar surface area (TPSA) is 96.7 Å². The van der Waals surface area contributed by atoms with Crippen molar-refractivity contribution in [2.24, 2.45) is 0 Å². The summed E-state index contributed by atoms with van der Waals surface area (Å²) in [4.78, 5) is 26.9. The zero-order chi connectivity index (χ0) is 19.5. The van der Waals surface area contributed by atoms with Gasteiger partial charge in [-0.3, -0.25) is 9.59 Å². The molecule has 0 aromatic heterocycles. The van der Waals surface area contributed by atoms with Gasteiger partial charge in [-0.15, -0.1) is 0 Å². The lowest BCUT2D eigenvalue weighted by atomic mass is 10.2. The SMILES string of the molecule is N#C/C(=C/N1CCN(c2ccccc2)CC1)C(=O)NCCCCCC(=O)O. The number of carbonyl (C=O) groups is 2. The zero-order valence-electron chi connectivity index (χ0n) is 15.4. The molecule has 1 aromatic carbocycles. The van der Waals surface area contributed by atoms with Crippen molar-refractivity contribution in [1.29, 1.82) is 5.26 Å². The molecule has 1 heterocycles. The normalized spacial score (nSPS) is 14.6. The van der Waals surface area contributed by atoms with Crippen molar-refractivity contribution in [1.82, 2.24) is 10.2 Å². The molecule has 0 aliphatic carbocycles. The second-order valence-electron chi connectivity index (χ2n) is 6.47. The molecule has 27 heavy (non-hydrogen) atoms. The average Bonchev–Trinajstić information content (AvgIpc) is 2.69. The molecule has 1 saturated heterocycles. The van der Waals surface area contributed by atoms with Crippen molar-refractivity contribution in [2.45, 2.75) is 25.7 Å². The lowest BCUT2D eigenvalue weighted by molar-refractivity contribution is -0.137. The molecule has 0 bridgehead atoms. The third-order valence-corrected chi connectivity index (χ3v) is 4.47. The number of carbonyl (C=O) groups excluding carboxylic acids is 1. The van der Waals surface area contributed by atoms with E-state index in [0.717, 1.165) is 32.6 Å². The number of rotatable bonds is 9. The summed E-state index contributed by atoms with van der Waals surface area (Å²) in [7, 11) is 0. The summed E-state index contributed by atoms with van der Waals surface area (Å²) >= 11 is 0. The summed E-state index contributed by atoms with van der Waals surface area (Å²) < 4.78 is 0. The number of hydrogen-bond donors (Lipinski definition) is 2. The van der Waals surface area contributed by atoms with Crippen LogP contribution in [-0.2, 0) is 9.59 Å². The second-order valence-corrected chi connectivity index (χ2v) is 6.47. The highest BCUT2D eigenvalue weighted by Crippen LogP contribution is 2.16. The highest BCUT2D eigenvalue weighted by molar-refractivity contribution is 5.97. The Hall–Kier alpha value is -3.01. The number of unbranched alkanes of at least 4 members (excludes halogenated alkanes) is 2. The number of carboxylic acid groups (broad SMARTS) is 1. The van der Waals surface area contributed by atoms with E-state index in [4.69, 9.17) is 5.11 Å². The van der Waals surface area contributed by atoms with Gasteiger partial charge in [0.2, 0.25) is 0 Å². The van der Waals surface area contributed by atoms with Gasteiger partial charge in [-0.05, 0) is 25.0 Å². The highest BCUT2D eigenvalue weighted by atomic mass is 16.4. The van der Waals surface area contributed by atoms with Gasteiger partial charge in [-0.1, -0.05) is 24.6 Å². The molecule has 0 unspecified atom stereocenters. The first-order valence-corrected chi connectivity index (χ1v) is 9.26. The van der Waals surface area contributed by atoms with E-state index in [2.05, 4.69) is 22.3 Å². The zero-order valence-corrected chi connectivity index (χ0v) is 15.4. The molecule has 0 radical (unpaired) electrons. The molecule has 2 N–H and O–H groups in total. The largest absolute Gasteiger partial charge is 0.481 e. The number of benzene rings is 1. The Kier molecular flexibility index (Phi) is 8.17. The van der Waals surface area contributed by atoms with Crippen molar-refractivity contribution < 1.29 is 14.7 Å². The molecule has 0 atom stereocenters. The van der Waals surface area contributed by atoms with Crippen molar-refractivity contribution >= 4 is 17.6 Å². The first-order chi connectivity index (χ1) is 13.1. The number of anilines is 1. The molecule has 7 heteroatoms. The molecule has 144 valence electrons. The Morgan fingerprint density at radius 3 is 2.44 bits per heavy atom. The molecular formula is C20H26N4O3. The number of hydrogen-bond acceptors (Lipinski definition) is 5. The minimum Gasteiger partial charge on any atom is -0.481 e. The van der Waals surface area contributed by atoms with Crippen LogP contribution in [0.3, 0.4) is 0 Å². The van der Waals surface area contributed by atoms with Crippen molar-refractivity contribution in [2.75, 3.05) is 37.6 Å². The van der Waals surface area contributed by atoms with Gasteiger partial charge < -0.3 is 20.2 Å². The lowest BCUT2D eigenvalue weighted by Gasteiger charge is -2.35. The smallest absolute Gasteiger partial charge is 0.303 e. The maximum absolute atomic E-state index is 12.1. The molecule has 1 aromatic rings. The lowest BCUT2D eigenvalue weighted by Crippen LogP contribution is -2.44. The van der Waals surface area contributed by atoms with Crippen LogP contribution in [0.4, 0.5) is 5.69 Å². The monoisotopic (exact) mass is 370 g/mol. The summed E-state index contributed by atoms with van der Waals surface area (Å²) in [6, 6.07) is 12.2. The maximum atomic E-state index is 12.1. The predicted molar refractivity (Wildman–Crippen MR) is 103 cm³/mol. The fourth-order valence-electron chi connectivity index (χ4n) is 2.94. The minimum atomic E-state index is -0.805. The standard InChI is InChI=1S/C20H26N4O3/c21-15-17(20(27)22-10-6-2-5-9-19(25)26)16-23-11-13-24(14-12-23)18-7-3-1-4-8-18/h1,3-4,7-8,16H,2,5-6,9-14H2,(H,22,27)(H,25,26)/b17-16-. The average molecular weight is 370 g/mol. The first kappa shape index (κ1) is 20.3. The first-order valence-electron chi connectivity index (χ1n) is 9.26. The molecule has 7 nitrogen and oxygen atoms in total. The molecule has 1 amide bonds. The predicted octanol–water partition coefficient (Wildman–Crippen LogP) is 1.98. The molecule has 0 spiro atoms. The van der Waals surface area contributed by atoms with Crippen LogP contribution in [0, 0.1) is 11.3 Å². The summed E-state index contributed by atoms with van der Waals surface area (Å²) in [5.41, 5.74) is 1.29. The molecule has 1 fully saturated rings. The Labute approximate surface area is 159 Å². The molecule has 0 saturated carbocycles. The number of nitrogens with one attached hydrogen (secondary N) is 1.